The Morgan fingerprint density at radius 1 is 1.03 bits per heavy atom. The second-order valence-electron chi connectivity index (χ2n) is 7.19. The Bertz CT molecular complexity index is 1060. The Balaban J connectivity index is 1.36. The minimum atomic E-state index is -3.70. The zero-order chi connectivity index (χ0) is 20.3. The van der Waals surface area contributed by atoms with Crippen molar-refractivity contribution in [1.82, 2.24) is 4.72 Å². The summed E-state index contributed by atoms with van der Waals surface area (Å²) in [5, 5.41) is 2.79. The van der Waals surface area contributed by atoms with Gasteiger partial charge in [0, 0.05) is 23.5 Å². The zero-order valence-corrected chi connectivity index (χ0v) is 17.6. The van der Waals surface area contributed by atoms with Gasteiger partial charge in [-0.2, -0.15) is 0 Å². The van der Waals surface area contributed by atoms with Gasteiger partial charge in [-0.25, -0.2) is 8.42 Å². The van der Waals surface area contributed by atoms with E-state index in [1.165, 1.54) is 41.4 Å². The quantitative estimate of drug-likeness (QED) is 0.689. The zero-order valence-electron chi connectivity index (χ0n) is 16.0. The van der Waals surface area contributed by atoms with Crippen molar-refractivity contribution in [3.8, 4) is 0 Å². The molecule has 2 aromatic rings. The van der Waals surface area contributed by atoms with Crippen LogP contribution >= 0.6 is 11.8 Å². The second-order valence-corrected chi connectivity index (χ2v) is 9.92. The molecule has 2 aliphatic rings. The van der Waals surface area contributed by atoms with E-state index in [2.05, 4.69) is 33.2 Å². The van der Waals surface area contributed by atoms with Gasteiger partial charge >= 0.3 is 0 Å². The van der Waals surface area contributed by atoms with E-state index in [4.69, 9.17) is 0 Å². The van der Waals surface area contributed by atoms with Crippen LogP contribution in [-0.4, -0.2) is 32.5 Å². The fraction of sp³-hybridized carbons (Fsp3) is 0.333. The van der Waals surface area contributed by atoms with Gasteiger partial charge in [0.1, 0.15) is 5.84 Å². The lowest BCUT2D eigenvalue weighted by atomic mass is 10.1. The van der Waals surface area contributed by atoms with E-state index in [1.807, 2.05) is 0 Å². The number of carbonyl (C=O) groups excluding carboxylic acids is 1. The van der Waals surface area contributed by atoms with Gasteiger partial charge in [0.05, 0.1) is 10.6 Å². The molecule has 1 aliphatic heterocycles. The molecule has 0 unspecified atom stereocenters. The van der Waals surface area contributed by atoms with Crippen molar-refractivity contribution >= 4 is 39.2 Å². The van der Waals surface area contributed by atoms with E-state index in [-0.39, 0.29) is 16.6 Å². The van der Waals surface area contributed by atoms with Gasteiger partial charge in [-0.1, -0.05) is 12.1 Å². The minimum absolute atomic E-state index is 0.108. The number of rotatable bonds is 6. The first-order chi connectivity index (χ1) is 14.0. The van der Waals surface area contributed by atoms with Crippen molar-refractivity contribution in [2.45, 2.75) is 41.9 Å². The van der Waals surface area contributed by atoms with Gasteiger partial charge in [-0.15, -0.1) is 11.8 Å². The number of amides is 1. The van der Waals surface area contributed by atoms with Gasteiger partial charge in [-0.05, 0) is 67.1 Å². The van der Waals surface area contributed by atoms with Crippen molar-refractivity contribution in [2.24, 2.45) is 4.99 Å². The highest BCUT2D eigenvalue weighted by Crippen LogP contribution is 2.27. The summed E-state index contributed by atoms with van der Waals surface area (Å²) in [5.74, 6) is 0.591. The maximum atomic E-state index is 12.5. The van der Waals surface area contributed by atoms with E-state index in [0.29, 0.717) is 24.5 Å². The molecule has 0 saturated carbocycles. The number of benzene rings is 2. The van der Waals surface area contributed by atoms with Crippen LogP contribution < -0.4 is 10.0 Å². The summed E-state index contributed by atoms with van der Waals surface area (Å²) >= 11 is 1.49. The molecule has 8 heteroatoms. The third-order valence-corrected chi connectivity index (χ3v) is 7.37. The Labute approximate surface area is 175 Å². The lowest BCUT2D eigenvalue weighted by Crippen LogP contribution is -2.29. The number of aliphatic imine (C=N–C) groups is 1. The normalized spacial score (nSPS) is 15.7. The number of aryl methyl sites for hydroxylation is 2. The van der Waals surface area contributed by atoms with Crippen LogP contribution in [0.1, 0.15) is 30.4 Å². The molecular weight excluding hydrogens is 406 g/mol. The van der Waals surface area contributed by atoms with Crippen molar-refractivity contribution in [2.75, 3.05) is 17.6 Å². The Morgan fingerprint density at radius 2 is 1.90 bits per heavy atom. The summed E-state index contributed by atoms with van der Waals surface area (Å²) in [7, 11) is -3.70. The van der Waals surface area contributed by atoms with Crippen LogP contribution in [0.15, 0.2) is 57.2 Å². The summed E-state index contributed by atoms with van der Waals surface area (Å²) < 4.78 is 27.6. The number of amidine groups is 1. The largest absolute Gasteiger partial charge is 0.325 e. The monoisotopic (exact) mass is 429 g/mol. The van der Waals surface area contributed by atoms with Crippen molar-refractivity contribution in [3.05, 3.63) is 53.6 Å². The van der Waals surface area contributed by atoms with E-state index >= 15 is 0 Å². The van der Waals surface area contributed by atoms with E-state index < -0.39 is 10.0 Å². The average Bonchev–Trinajstić information content (AvgIpc) is 3.37. The second kappa shape index (κ2) is 8.59. The summed E-state index contributed by atoms with van der Waals surface area (Å²) in [4.78, 5) is 17.7. The molecule has 152 valence electrons. The van der Waals surface area contributed by atoms with Crippen LogP contribution in [0.25, 0.3) is 0 Å². The SMILES string of the molecule is O=C(CSc1ccc2c(c1)CCC2)Nc1cccc(S(=O)(=O)NC2=NCCC2)c1. The van der Waals surface area contributed by atoms with Crippen LogP contribution in [0, 0.1) is 0 Å². The van der Waals surface area contributed by atoms with Crippen LogP contribution in [0.2, 0.25) is 0 Å². The van der Waals surface area contributed by atoms with E-state index in [0.717, 1.165) is 24.2 Å². The van der Waals surface area contributed by atoms with Crippen LogP contribution in [0.4, 0.5) is 5.69 Å². The topological polar surface area (TPSA) is 87.6 Å². The molecule has 2 N–H and O–H groups in total. The summed E-state index contributed by atoms with van der Waals surface area (Å²) in [6.45, 7) is 0.649. The Morgan fingerprint density at radius 3 is 2.72 bits per heavy atom. The lowest BCUT2D eigenvalue weighted by molar-refractivity contribution is -0.113. The molecule has 1 amide bonds. The van der Waals surface area contributed by atoms with Gasteiger partial charge in [0.15, 0.2) is 0 Å². The van der Waals surface area contributed by atoms with Gasteiger partial charge in [0.2, 0.25) is 5.91 Å². The molecule has 0 fully saturated rings. The van der Waals surface area contributed by atoms with Crippen molar-refractivity contribution in [3.63, 3.8) is 0 Å². The number of nitrogens with one attached hydrogen (secondary N) is 2. The summed E-state index contributed by atoms with van der Waals surface area (Å²) in [6.07, 6.45) is 4.94. The van der Waals surface area contributed by atoms with Crippen molar-refractivity contribution in [1.29, 1.82) is 0 Å². The lowest BCUT2D eigenvalue weighted by Gasteiger charge is -2.10. The summed E-state index contributed by atoms with van der Waals surface area (Å²) in [5.41, 5.74) is 3.25. The molecule has 0 bridgehead atoms. The van der Waals surface area contributed by atoms with Crippen LogP contribution in [-0.2, 0) is 27.7 Å². The molecule has 0 saturated heterocycles. The maximum Gasteiger partial charge on any atom is 0.262 e. The van der Waals surface area contributed by atoms with Crippen molar-refractivity contribution < 1.29 is 13.2 Å². The van der Waals surface area contributed by atoms with E-state index in [1.54, 1.807) is 12.1 Å². The first kappa shape index (κ1) is 20.0. The average molecular weight is 430 g/mol. The van der Waals surface area contributed by atoms with Crippen LogP contribution in [0.3, 0.4) is 0 Å². The fourth-order valence-corrected chi connectivity index (χ4v) is 5.46. The minimum Gasteiger partial charge on any atom is -0.325 e. The number of sulfonamides is 1. The Hall–Kier alpha value is -2.32. The number of anilines is 1. The molecule has 29 heavy (non-hydrogen) atoms. The highest BCUT2D eigenvalue weighted by Gasteiger charge is 2.19. The standard InChI is InChI=1S/C21H23N3O3S2/c25-21(14-28-18-10-9-15-4-1-5-16(15)12-18)23-17-6-2-7-19(13-17)29(26,27)24-20-8-3-11-22-20/h2,6-7,9-10,12-13H,1,3-5,8,11,14H2,(H,22,24)(H,23,25). The van der Waals surface area contributed by atoms with Gasteiger partial charge < -0.3 is 5.32 Å². The highest BCUT2D eigenvalue weighted by molar-refractivity contribution is 8.00. The molecule has 2 aromatic carbocycles. The van der Waals surface area contributed by atoms with Gasteiger partial charge in [-0.3, -0.25) is 14.5 Å². The number of fused-ring (bicyclic) bond motifs is 1. The van der Waals surface area contributed by atoms with E-state index in [9.17, 15) is 13.2 Å². The number of thioether (sulfide) groups is 1. The highest BCUT2D eigenvalue weighted by atomic mass is 32.2. The molecule has 4 rings (SSSR count). The first-order valence-electron chi connectivity index (χ1n) is 9.70. The van der Waals surface area contributed by atoms with Crippen LogP contribution in [0.5, 0.6) is 0 Å². The number of nitrogens with zero attached hydrogens (tertiary/aromatic N) is 1. The Kier molecular flexibility index (Phi) is 5.91. The number of carbonyl (C=O) groups is 1. The third kappa shape index (κ3) is 5.00. The fourth-order valence-electron chi connectivity index (χ4n) is 3.56. The maximum absolute atomic E-state index is 12.5. The molecule has 1 aliphatic carbocycles. The smallest absolute Gasteiger partial charge is 0.262 e. The molecular formula is C21H23N3O3S2. The summed E-state index contributed by atoms with van der Waals surface area (Å²) in [6, 6.07) is 12.7. The molecule has 1 heterocycles. The predicted molar refractivity (Wildman–Crippen MR) is 116 cm³/mol. The van der Waals surface area contributed by atoms with Gasteiger partial charge in [0.25, 0.3) is 10.0 Å². The molecule has 0 radical (unpaired) electrons. The molecule has 0 spiro atoms. The number of hydrogen-bond donors (Lipinski definition) is 2. The molecule has 0 atom stereocenters. The third-order valence-electron chi connectivity index (χ3n) is 4.99. The first-order valence-corrected chi connectivity index (χ1v) is 12.2. The molecule has 6 nitrogen and oxygen atoms in total. The predicted octanol–water partition coefficient (Wildman–Crippen LogP) is 3.38. The number of hydrogen-bond acceptors (Lipinski definition) is 5. The molecule has 0 aromatic heterocycles.